The van der Waals surface area contributed by atoms with Crippen LogP contribution in [0, 0.1) is 12.8 Å². The van der Waals surface area contributed by atoms with Crippen LogP contribution in [0.3, 0.4) is 0 Å². The molecule has 1 amide bonds. The van der Waals surface area contributed by atoms with Gasteiger partial charge in [-0.05, 0) is 5.92 Å². The monoisotopic (exact) mass is 127 g/mol. The highest BCUT2D eigenvalue weighted by Crippen LogP contribution is 1.94. The summed E-state index contributed by atoms with van der Waals surface area (Å²) in [6.07, 6.45) is 0. The van der Waals surface area contributed by atoms with Gasteiger partial charge >= 0.3 is 0 Å². The number of carbonyl (C=O) groups excluding carboxylic acids is 1. The second-order valence-corrected chi connectivity index (χ2v) is 2.61. The fourth-order valence-corrected chi connectivity index (χ4v) is 0.638. The number of nitrogens with zero attached hydrogens (tertiary/aromatic N) is 1. The lowest BCUT2D eigenvalue weighted by molar-refractivity contribution is -0.125. The van der Waals surface area contributed by atoms with Crippen LogP contribution >= 0.6 is 0 Å². The standard InChI is InChI=1S/C7H13NO/c1-6(2)5-8(4)7(3)9/h3,6H,5H2,1-2,4H3. The van der Waals surface area contributed by atoms with Crippen LogP contribution < -0.4 is 0 Å². The summed E-state index contributed by atoms with van der Waals surface area (Å²) >= 11 is 0. The number of carbonyl (C=O) groups is 1. The zero-order chi connectivity index (χ0) is 7.44. The molecule has 0 N–H and O–H groups in total. The van der Waals surface area contributed by atoms with Crippen molar-refractivity contribution in [1.82, 2.24) is 4.90 Å². The summed E-state index contributed by atoms with van der Waals surface area (Å²) in [5.41, 5.74) is 0. The van der Waals surface area contributed by atoms with Gasteiger partial charge in [-0.25, -0.2) is 0 Å². The molecule has 2 nitrogen and oxygen atoms in total. The predicted molar refractivity (Wildman–Crippen MR) is 36.8 cm³/mol. The van der Waals surface area contributed by atoms with Crippen molar-refractivity contribution in [3.63, 3.8) is 0 Å². The van der Waals surface area contributed by atoms with E-state index in [1.165, 1.54) is 4.90 Å². The van der Waals surface area contributed by atoms with E-state index in [9.17, 15) is 4.79 Å². The summed E-state index contributed by atoms with van der Waals surface area (Å²) in [4.78, 5) is 11.9. The maximum Gasteiger partial charge on any atom is 0.227 e. The Hall–Kier alpha value is -0.530. The third kappa shape index (κ3) is 4.01. The van der Waals surface area contributed by atoms with Gasteiger partial charge in [0.15, 0.2) is 0 Å². The fourth-order valence-electron chi connectivity index (χ4n) is 0.638. The minimum Gasteiger partial charge on any atom is -0.345 e. The van der Waals surface area contributed by atoms with Gasteiger partial charge in [-0.2, -0.15) is 0 Å². The Kier molecular flexibility index (Phi) is 3.28. The molecular weight excluding hydrogens is 114 g/mol. The van der Waals surface area contributed by atoms with E-state index in [0.717, 1.165) is 6.54 Å². The number of rotatable bonds is 2. The highest BCUT2D eigenvalue weighted by molar-refractivity contribution is 5.79. The summed E-state index contributed by atoms with van der Waals surface area (Å²) in [6, 6.07) is 0. The Balaban J connectivity index is 3.50. The maximum absolute atomic E-state index is 10.4. The van der Waals surface area contributed by atoms with Gasteiger partial charge < -0.3 is 4.90 Å². The van der Waals surface area contributed by atoms with E-state index < -0.39 is 0 Å². The molecule has 0 bridgehead atoms. The first kappa shape index (κ1) is 8.47. The SMILES string of the molecule is [CH]C(=O)N(C)CC(C)C. The molecule has 0 atom stereocenters. The van der Waals surface area contributed by atoms with Crippen LogP contribution in [0.1, 0.15) is 13.8 Å². The van der Waals surface area contributed by atoms with Gasteiger partial charge in [0, 0.05) is 13.6 Å². The second-order valence-electron chi connectivity index (χ2n) is 2.61. The van der Waals surface area contributed by atoms with E-state index in [1.807, 2.05) is 13.8 Å². The Labute approximate surface area is 56.9 Å². The maximum atomic E-state index is 10.4. The Bertz CT molecular complexity index is 99.1. The number of amides is 1. The fraction of sp³-hybridized carbons (Fsp3) is 0.714. The number of hydrogen-bond donors (Lipinski definition) is 0. The van der Waals surface area contributed by atoms with Crippen molar-refractivity contribution >= 4 is 5.91 Å². The van der Waals surface area contributed by atoms with Gasteiger partial charge in [0.25, 0.3) is 0 Å². The van der Waals surface area contributed by atoms with Crippen LogP contribution in [0.2, 0.25) is 0 Å². The van der Waals surface area contributed by atoms with E-state index in [2.05, 4.69) is 0 Å². The van der Waals surface area contributed by atoms with Crippen LogP contribution in [-0.4, -0.2) is 24.4 Å². The van der Waals surface area contributed by atoms with Crippen molar-refractivity contribution in [1.29, 1.82) is 0 Å². The summed E-state index contributed by atoms with van der Waals surface area (Å²) in [6.45, 7) is 9.78. The molecule has 52 valence electrons. The van der Waals surface area contributed by atoms with Crippen LogP contribution in [0.5, 0.6) is 0 Å². The minimum atomic E-state index is -0.358. The molecule has 0 fully saturated rings. The predicted octanol–water partition coefficient (Wildman–Crippen LogP) is 0.812. The van der Waals surface area contributed by atoms with E-state index in [-0.39, 0.29) is 5.91 Å². The molecule has 0 unspecified atom stereocenters. The average molecular weight is 127 g/mol. The highest BCUT2D eigenvalue weighted by atomic mass is 16.2. The second kappa shape index (κ2) is 3.49. The smallest absolute Gasteiger partial charge is 0.227 e. The lowest BCUT2D eigenvalue weighted by Crippen LogP contribution is -2.27. The van der Waals surface area contributed by atoms with Crippen molar-refractivity contribution in [3.8, 4) is 0 Å². The third-order valence-corrected chi connectivity index (χ3v) is 1.02. The Morgan fingerprint density at radius 2 is 2.11 bits per heavy atom. The molecular formula is C7H13NO. The first-order valence-electron chi connectivity index (χ1n) is 3.04. The average Bonchev–Trinajstić information content (AvgIpc) is 1.63. The molecule has 2 heteroatoms. The largest absolute Gasteiger partial charge is 0.345 e. The molecule has 0 aromatic heterocycles. The van der Waals surface area contributed by atoms with E-state index >= 15 is 0 Å². The molecule has 0 aliphatic carbocycles. The molecule has 0 saturated carbocycles. The van der Waals surface area contributed by atoms with Crippen molar-refractivity contribution in [2.45, 2.75) is 13.8 Å². The van der Waals surface area contributed by atoms with Crippen LogP contribution in [-0.2, 0) is 4.79 Å². The van der Waals surface area contributed by atoms with Gasteiger partial charge in [0.05, 0.1) is 6.92 Å². The van der Waals surface area contributed by atoms with Crippen molar-refractivity contribution in [2.75, 3.05) is 13.6 Å². The lowest BCUT2D eigenvalue weighted by Gasteiger charge is -2.16. The first-order chi connectivity index (χ1) is 4.04. The van der Waals surface area contributed by atoms with Crippen molar-refractivity contribution in [3.05, 3.63) is 6.92 Å². The molecule has 0 aromatic rings. The summed E-state index contributed by atoms with van der Waals surface area (Å²) < 4.78 is 0. The molecule has 0 spiro atoms. The van der Waals surface area contributed by atoms with Gasteiger partial charge in [0.1, 0.15) is 0 Å². The summed E-state index contributed by atoms with van der Waals surface area (Å²) in [5, 5.41) is 0. The molecule has 0 aliphatic rings. The van der Waals surface area contributed by atoms with Crippen LogP contribution in [0.25, 0.3) is 0 Å². The van der Waals surface area contributed by atoms with Gasteiger partial charge in [-0.15, -0.1) is 0 Å². The van der Waals surface area contributed by atoms with E-state index in [0.29, 0.717) is 5.92 Å². The Morgan fingerprint density at radius 3 is 2.22 bits per heavy atom. The zero-order valence-corrected chi connectivity index (χ0v) is 6.22. The minimum absolute atomic E-state index is 0.358. The molecule has 0 aliphatic heterocycles. The zero-order valence-electron chi connectivity index (χ0n) is 6.22. The number of hydrogen-bond acceptors (Lipinski definition) is 1. The van der Waals surface area contributed by atoms with Gasteiger partial charge in [-0.3, -0.25) is 4.79 Å². The molecule has 2 radical (unpaired) electrons. The summed E-state index contributed by atoms with van der Waals surface area (Å²) in [5.74, 6) is 0.131. The molecule has 9 heavy (non-hydrogen) atoms. The molecule has 0 saturated heterocycles. The topological polar surface area (TPSA) is 20.3 Å². The molecule has 0 heterocycles. The third-order valence-electron chi connectivity index (χ3n) is 1.02. The molecule has 0 rings (SSSR count). The van der Waals surface area contributed by atoms with E-state index in [1.54, 1.807) is 7.05 Å². The highest BCUT2D eigenvalue weighted by Gasteiger charge is 2.02. The lowest BCUT2D eigenvalue weighted by atomic mass is 10.2. The van der Waals surface area contributed by atoms with Gasteiger partial charge in [-0.1, -0.05) is 13.8 Å². The van der Waals surface area contributed by atoms with Crippen LogP contribution in [0.15, 0.2) is 0 Å². The molecule has 0 aromatic carbocycles. The van der Waals surface area contributed by atoms with E-state index in [4.69, 9.17) is 6.92 Å². The first-order valence-corrected chi connectivity index (χ1v) is 3.04. The summed E-state index contributed by atoms with van der Waals surface area (Å²) in [7, 11) is 1.70. The van der Waals surface area contributed by atoms with Gasteiger partial charge in [0.2, 0.25) is 5.91 Å². The quantitative estimate of drug-likeness (QED) is 0.537. The van der Waals surface area contributed by atoms with Crippen molar-refractivity contribution < 1.29 is 4.79 Å². The Morgan fingerprint density at radius 1 is 1.67 bits per heavy atom. The van der Waals surface area contributed by atoms with Crippen molar-refractivity contribution in [2.24, 2.45) is 5.92 Å². The normalized spacial score (nSPS) is 9.89. The van der Waals surface area contributed by atoms with Crippen LogP contribution in [0.4, 0.5) is 0 Å².